The summed E-state index contributed by atoms with van der Waals surface area (Å²) in [6.07, 6.45) is 0. The van der Waals surface area contributed by atoms with Gasteiger partial charge in [-0.1, -0.05) is 52.3 Å². The molecule has 0 amide bonds. The van der Waals surface area contributed by atoms with Gasteiger partial charge in [-0.3, -0.25) is 0 Å². The highest BCUT2D eigenvalue weighted by atomic mass is 79.9. The lowest BCUT2D eigenvalue weighted by Crippen LogP contribution is -2.08. The van der Waals surface area contributed by atoms with Crippen molar-refractivity contribution in [1.82, 2.24) is 0 Å². The Morgan fingerprint density at radius 1 is 1.11 bits per heavy atom. The number of halogens is 1. The third kappa shape index (κ3) is 2.30. The van der Waals surface area contributed by atoms with Crippen molar-refractivity contribution in [3.63, 3.8) is 0 Å². The summed E-state index contributed by atoms with van der Waals surface area (Å²) in [5.41, 5.74) is 5.32. The van der Waals surface area contributed by atoms with E-state index < -0.39 is 0 Å². The predicted octanol–water partition coefficient (Wildman–Crippen LogP) is 4.92. The van der Waals surface area contributed by atoms with Gasteiger partial charge in [-0.25, -0.2) is 0 Å². The van der Waals surface area contributed by atoms with Crippen LogP contribution in [0.15, 0.2) is 42.5 Å². The third-order valence-corrected chi connectivity index (χ3v) is 5.11. The van der Waals surface area contributed by atoms with E-state index >= 15 is 0 Å². The van der Waals surface area contributed by atoms with Crippen molar-refractivity contribution < 1.29 is 4.74 Å². The van der Waals surface area contributed by atoms with Gasteiger partial charge in [0.05, 0.1) is 6.61 Å². The zero-order valence-electron chi connectivity index (χ0n) is 11.2. The van der Waals surface area contributed by atoms with Crippen LogP contribution < -0.4 is 4.74 Å². The molecule has 1 aliphatic heterocycles. The molecule has 2 aromatic rings. The Bertz CT molecular complexity index is 606. The summed E-state index contributed by atoms with van der Waals surface area (Å²) in [6.45, 7) is 5.07. The summed E-state index contributed by atoms with van der Waals surface area (Å²) in [6, 6.07) is 15.0. The van der Waals surface area contributed by atoms with Crippen LogP contribution in [-0.4, -0.2) is 6.61 Å². The lowest BCUT2D eigenvalue weighted by Gasteiger charge is -2.18. The minimum absolute atomic E-state index is 0.301. The standard InChI is InChI=1S/C17H17BrO/c1-11-7-8-13(9-12(11)2)17(18)15-10-19-16-6-4-3-5-14(15)16/h3-9,15,17H,10H2,1-2H3. The van der Waals surface area contributed by atoms with Crippen LogP contribution in [0.1, 0.15) is 33.0 Å². The van der Waals surface area contributed by atoms with Crippen molar-refractivity contribution in [2.75, 3.05) is 6.61 Å². The summed E-state index contributed by atoms with van der Waals surface area (Å²) in [5.74, 6) is 1.42. The summed E-state index contributed by atoms with van der Waals surface area (Å²) in [7, 11) is 0. The van der Waals surface area contributed by atoms with E-state index in [1.807, 2.05) is 6.07 Å². The Morgan fingerprint density at radius 3 is 2.68 bits per heavy atom. The van der Waals surface area contributed by atoms with Gasteiger partial charge in [0.1, 0.15) is 5.75 Å². The molecule has 0 aromatic heterocycles. The van der Waals surface area contributed by atoms with Crippen LogP contribution in [0.4, 0.5) is 0 Å². The topological polar surface area (TPSA) is 9.23 Å². The first-order valence-electron chi connectivity index (χ1n) is 6.60. The van der Waals surface area contributed by atoms with Crippen molar-refractivity contribution >= 4 is 15.9 Å². The summed E-state index contributed by atoms with van der Waals surface area (Å²) in [4.78, 5) is 0.301. The number of aryl methyl sites for hydroxylation is 2. The van der Waals surface area contributed by atoms with Gasteiger partial charge < -0.3 is 4.74 Å². The highest BCUT2D eigenvalue weighted by molar-refractivity contribution is 9.09. The van der Waals surface area contributed by atoms with E-state index in [1.54, 1.807) is 0 Å². The monoisotopic (exact) mass is 316 g/mol. The van der Waals surface area contributed by atoms with Gasteiger partial charge in [0.2, 0.25) is 0 Å². The molecular weight excluding hydrogens is 300 g/mol. The van der Waals surface area contributed by atoms with Crippen LogP contribution in [0.25, 0.3) is 0 Å². The maximum absolute atomic E-state index is 5.78. The van der Waals surface area contributed by atoms with Gasteiger partial charge in [0, 0.05) is 16.3 Å². The number of hydrogen-bond donors (Lipinski definition) is 0. The first-order valence-corrected chi connectivity index (χ1v) is 7.51. The van der Waals surface area contributed by atoms with E-state index in [2.05, 4.69) is 66.2 Å². The number of alkyl halides is 1. The molecule has 0 fully saturated rings. The minimum Gasteiger partial charge on any atom is -0.493 e. The molecule has 1 nitrogen and oxygen atoms in total. The molecular formula is C17H17BrO. The Labute approximate surface area is 122 Å². The highest BCUT2D eigenvalue weighted by Crippen LogP contribution is 2.45. The number of hydrogen-bond acceptors (Lipinski definition) is 1. The van der Waals surface area contributed by atoms with E-state index in [1.165, 1.54) is 22.3 Å². The molecule has 0 aliphatic carbocycles. The predicted molar refractivity (Wildman–Crippen MR) is 82.3 cm³/mol. The largest absolute Gasteiger partial charge is 0.493 e. The fourth-order valence-corrected chi connectivity index (χ4v) is 3.32. The molecule has 1 aliphatic rings. The third-order valence-electron chi connectivity index (χ3n) is 3.94. The fraction of sp³-hybridized carbons (Fsp3) is 0.294. The molecule has 0 radical (unpaired) electrons. The number of para-hydroxylation sites is 1. The lowest BCUT2D eigenvalue weighted by molar-refractivity contribution is 0.329. The van der Waals surface area contributed by atoms with Crippen molar-refractivity contribution in [3.8, 4) is 5.75 Å². The molecule has 0 bridgehead atoms. The van der Waals surface area contributed by atoms with Crippen LogP contribution in [0, 0.1) is 13.8 Å². The van der Waals surface area contributed by atoms with E-state index in [0.29, 0.717) is 10.7 Å². The second-order valence-electron chi connectivity index (χ2n) is 5.20. The van der Waals surface area contributed by atoms with E-state index in [-0.39, 0.29) is 0 Å². The zero-order chi connectivity index (χ0) is 13.4. The second-order valence-corrected chi connectivity index (χ2v) is 6.19. The molecule has 1 heterocycles. The van der Waals surface area contributed by atoms with Gasteiger partial charge in [0.25, 0.3) is 0 Å². The highest BCUT2D eigenvalue weighted by Gasteiger charge is 2.30. The van der Waals surface area contributed by atoms with E-state index in [0.717, 1.165) is 12.4 Å². The number of rotatable bonds is 2. The van der Waals surface area contributed by atoms with Gasteiger partial charge in [0.15, 0.2) is 0 Å². The van der Waals surface area contributed by atoms with Crippen LogP contribution in [0.5, 0.6) is 5.75 Å². The summed E-state index contributed by atoms with van der Waals surface area (Å²) < 4.78 is 5.78. The molecule has 0 spiro atoms. The average molecular weight is 317 g/mol. The van der Waals surface area contributed by atoms with Gasteiger partial charge >= 0.3 is 0 Å². The Kier molecular flexibility index (Phi) is 3.36. The van der Waals surface area contributed by atoms with Crippen molar-refractivity contribution in [2.45, 2.75) is 24.6 Å². The quantitative estimate of drug-likeness (QED) is 0.715. The molecule has 0 saturated carbocycles. The second kappa shape index (κ2) is 5.01. The van der Waals surface area contributed by atoms with Gasteiger partial charge in [-0.05, 0) is 36.6 Å². The van der Waals surface area contributed by atoms with E-state index in [4.69, 9.17) is 4.74 Å². The Balaban J connectivity index is 1.93. The van der Waals surface area contributed by atoms with Gasteiger partial charge in [-0.15, -0.1) is 0 Å². The van der Waals surface area contributed by atoms with E-state index in [9.17, 15) is 0 Å². The molecule has 0 saturated heterocycles. The Hall–Kier alpha value is -1.28. The molecule has 2 heteroatoms. The lowest BCUT2D eigenvalue weighted by atomic mass is 9.92. The first kappa shape index (κ1) is 12.7. The van der Waals surface area contributed by atoms with Crippen molar-refractivity contribution in [2.24, 2.45) is 0 Å². The van der Waals surface area contributed by atoms with Crippen LogP contribution >= 0.6 is 15.9 Å². The molecule has 3 rings (SSSR count). The maximum atomic E-state index is 5.78. The molecule has 2 aromatic carbocycles. The summed E-state index contributed by atoms with van der Waals surface area (Å²) >= 11 is 3.86. The average Bonchev–Trinajstić information content (AvgIpc) is 2.85. The zero-order valence-corrected chi connectivity index (χ0v) is 12.8. The minimum atomic E-state index is 0.301. The van der Waals surface area contributed by atoms with Gasteiger partial charge in [-0.2, -0.15) is 0 Å². The molecule has 98 valence electrons. The van der Waals surface area contributed by atoms with Crippen molar-refractivity contribution in [3.05, 3.63) is 64.7 Å². The maximum Gasteiger partial charge on any atom is 0.122 e. The fourth-order valence-electron chi connectivity index (χ4n) is 2.60. The van der Waals surface area contributed by atoms with Crippen LogP contribution in [0.2, 0.25) is 0 Å². The Morgan fingerprint density at radius 2 is 1.89 bits per heavy atom. The number of benzene rings is 2. The SMILES string of the molecule is Cc1ccc(C(Br)C2COc3ccccc32)cc1C. The molecule has 2 unspecified atom stereocenters. The molecule has 19 heavy (non-hydrogen) atoms. The number of fused-ring (bicyclic) bond motifs is 1. The normalized spacial score (nSPS) is 18.8. The molecule has 2 atom stereocenters. The first-order chi connectivity index (χ1) is 9.16. The van der Waals surface area contributed by atoms with Crippen LogP contribution in [0.3, 0.4) is 0 Å². The molecule has 0 N–H and O–H groups in total. The summed E-state index contributed by atoms with van der Waals surface area (Å²) in [5, 5.41) is 0. The number of ether oxygens (including phenoxy) is 1. The van der Waals surface area contributed by atoms with Crippen LogP contribution in [-0.2, 0) is 0 Å². The smallest absolute Gasteiger partial charge is 0.122 e. The van der Waals surface area contributed by atoms with Crippen molar-refractivity contribution in [1.29, 1.82) is 0 Å².